The third kappa shape index (κ3) is 6.28. The summed E-state index contributed by atoms with van der Waals surface area (Å²) in [6.45, 7) is 6.91. The Kier molecular flexibility index (Phi) is 18.1. The zero-order valence-corrected chi connectivity index (χ0v) is 14.6. The summed E-state index contributed by atoms with van der Waals surface area (Å²) in [7, 11) is 2.25. The molecular formula is C15H26O3Ti. The largest absolute Gasteiger partial charge is 4.00 e. The van der Waals surface area contributed by atoms with Crippen molar-refractivity contribution in [1.29, 1.82) is 0 Å². The second-order valence-corrected chi connectivity index (χ2v) is 4.06. The van der Waals surface area contributed by atoms with Gasteiger partial charge >= 0.3 is 21.7 Å². The minimum absolute atomic E-state index is 0. The average Bonchev–Trinajstić information content (AvgIpc) is 2.71. The molecule has 3 nitrogen and oxygen atoms in total. The summed E-state index contributed by atoms with van der Waals surface area (Å²) in [5, 5.41) is 24.8. The van der Waals surface area contributed by atoms with Crippen LogP contribution in [-0.4, -0.2) is 21.3 Å². The van der Waals surface area contributed by atoms with E-state index in [9.17, 15) is 0 Å². The van der Waals surface area contributed by atoms with E-state index in [1.54, 1.807) is 22.3 Å². The summed E-state index contributed by atoms with van der Waals surface area (Å²) in [5.41, 5.74) is 6.44. The quantitative estimate of drug-likeness (QED) is 0.485. The van der Waals surface area contributed by atoms with Crippen molar-refractivity contribution in [2.45, 2.75) is 40.0 Å². The van der Waals surface area contributed by atoms with E-state index in [4.69, 9.17) is 15.3 Å². The molecule has 108 valence electrons. The normalized spacial score (nSPS) is 19.3. The SMILES string of the molecule is CC1=C(C)C(C)C2=C1[CH-]CCC2.C[O-].C[O-].C[O-].[Ti+4]. The number of allylic oxidation sites excluding steroid dienone is 4. The molecule has 0 fully saturated rings. The van der Waals surface area contributed by atoms with E-state index < -0.39 is 0 Å². The van der Waals surface area contributed by atoms with Crippen molar-refractivity contribution in [3.63, 3.8) is 0 Å². The van der Waals surface area contributed by atoms with Crippen molar-refractivity contribution >= 4 is 0 Å². The van der Waals surface area contributed by atoms with E-state index in [-0.39, 0.29) is 21.7 Å². The van der Waals surface area contributed by atoms with Crippen LogP contribution in [-0.2, 0) is 21.7 Å². The molecule has 0 bridgehead atoms. The molecule has 2 aliphatic carbocycles. The van der Waals surface area contributed by atoms with Gasteiger partial charge in [0.15, 0.2) is 0 Å². The van der Waals surface area contributed by atoms with Gasteiger partial charge in [0.25, 0.3) is 0 Å². The molecule has 0 radical (unpaired) electrons. The minimum atomic E-state index is 0. The smallest absolute Gasteiger partial charge is 0.857 e. The molecule has 2 rings (SSSR count). The second kappa shape index (κ2) is 14.4. The van der Waals surface area contributed by atoms with Gasteiger partial charge in [-0.1, -0.05) is 46.0 Å². The van der Waals surface area contributed by atoms with Gasteiger partial charge in [-0.25, -0.2) is 0 Å². The summed E-state index contributed by atoms with van der Waals surface area (Å²) in [4.78, 5) is 0. The molecule has 0 saturated heterocycles. The van der Waals surface area contributed by atoms with Gasteiger partial charge in [0.2, 0.25) is 0 Å². The number of hydrogen-bond donors (Lipinski definition) is 0. The van der Waals surface area contributed by atoms with Crippen LogP contribution in [0.3, 0.4) is 0 Å². The maximum atomic E-state index is 8.25. The van der Waals surface area contributed by atoms with Gasteiger partial charge in [0.1, 0.15) is 0 Å². The Bertz CT molecular complexity index is 283. The van der Waals surface area contributed by atoms with Gasteiger partial charge in [0.05, 0.1) is 0 Å². The summed E-state index contributed by atoms with van der Waals surface area (Å²) in [6, 6.07) is 0. The zero-order chi connectivity index (χ0) is 14.7. The van der Waals surface area contributed by atoms with Crippen molar-refractivity contribution in [3.05, 3.63) is 28.7 Å². The summed E-state index contributed by atoms with van der Waals surface area (Å²) in [6.07, 6.45) is 6.42. The second-order valence-electron chi connectivity index (χ2n) is 4.06. The molecule has 1 unspecified atom stereocenters. The molecule has 0 saturated carbocycles. The fourth-order valence-corrected chi connectivity index (χ4v) is 2.45. The van der Waals surface area contributed by atoms with Crippen LogP contribution in [0.15, 0.2) is 22.3 Å². The third-order valence-electron chi connectivity index (χ3n) is 3.51. The van der Waals surface area contributed by atoms with E-state index >= 15 is 0 Å². The van der Waals surface area contributed by atoms with Crippen molar-refractivity contribution < 1.29 is 37.0 Å². The molecule has 0 aliphatic heterocycles. The van der Waals surface area contributed by atoms with Crippen LogP contribution in [0.5, 0.6) is 0 Å². The molecule has 0 aromatic carbocycles. The number of rotatable bonds is 0. The molecule has 0 spiro atoms. The molecule has 0 aromatic rings. The molecule has 0 N–H and O–H groups in total. The van der Waals surface area contributed by atoms with Gasteiger partial charge in [-0.2, -0.15) is 44.5 Å². The van der Waals surface area contributed by atoms with Gasteiger partial charge in [0, 0.05) is 0 Å². The standard InChI is InChI=1S/C12H17.3CH3O.Ti/c1-8-9(2)11-6-4-5-7-12(11)10(8)3;3*1-2;/h6,10H,4-5,7H2,1-3H3;3*1H3;/q4*-1;+4. The van der Waals surface area contributed by atoms with E-state index in [2.05, 4.69) is 27.2 Å². The van der Waals surface area contributed by atoms with Crippen LogP contribution in [0.2, 0.25) is 0 Å². The van der Waals surface area contributed by atoms with Crippen molar-refractivity contribution in [2.75, 3.05) is 21.3 Å². The monoisotopic (exact) mass is 302 g/mol. The van der Waals surface area contributed by atoms with Crippen LogP contribution in [0.25, 0.3) is 0 Å². The van der Waals surface area contributed by atoms with Crippen molar-refractivity contribution in [1.82, 2.24) is 0 Å². The Morgan fingerprint density at radius 1 is 1.00 bits per heavy atom. The number of hydrogen-bond acceptors (Lipinski definition) is 3. The molecule has 2 aliphatic rings. The topological polar surface area (TPSA) is 69.2 Å². The predicted molar refractivity (Wildman–Crippen MR) is 70.5 cm³/mol. The minimum Gasteiger partial charge on any atom is -0.857 e. The molecule has 0 aromatic heterocycles. The molecule has 0 amide bonds. The Balaban J connectivity index is -0.000000325. The maximum absolute atomic E-state index is 8.25. The average molecular weight is 302 g/mol. The zero-order valence-electron chi connectivity index (χ0n) is 13.0. The Morgan fingerprint density at radius 3 is 1.89 bits per heavy atom. The van der Waals surface area contributed by atoms with E-state index in [0.29, 0.717) is 0 Å². The molecule has 0 heterocycles. The Hall–Kier alpha value is -0.0557. The first-order chi connectivity index (χ1) is 8.72. The van der Waals surface area contributed by atoms with Crippen LogP contribution in [0.1, 0.15) is 40.0 Å². The van der Waals surface area contributed by atoms with E-state index in [1.165, 1.54) is 19.3 Å². The summed E-state index contributed by atoms with van der Waals surface area (Å²) >= 11 is 0. The van der Waals surface area contributed by atoms with Crippen LogP contribution >= 0.6 is 0 Å². The first-order valence-corrected chi connectivity index (χ1v) is 6.18. The Labute approximate surface area is 133 Å². The van der Waals surface area contributed by atoms with Crippen LogP contribution < -0.4 is 15.3 Å². The van der Waals surface area contributed by atoms with Gasteiger partial charge < -0.3 is 15.3 Å². The fraction of sp³-hybridized carbons (Fsp3) is 0.667. The summed E-state index contributed by atoms with van der Waals surface area (Å²) < 4.78 is 0. The molecule has 4 heteroatoms. The van der Waals surface area contributed by atoms with E-state index in [0.717, 1.165) is 27.2 Å². The van der Waals surface area contributed by atoms with Crippen molar-refractivity contribution in [2.24, 2.45) is 5.92 Å². The van der Waals surface area contributed by atoms with Crippen LogP contribution in [0.4, 0.5) is 0 Å². The van der Waals surface area contributed by atoms with Gasteiger partial charge in [-0.3, -0.25) is 0 Å². The van der Waals surface area contributed by atoms with E-state index in [1.807, 2.05) is 0 Å². The Morgan fingerprint density at radius 2 is 1.47 bits per heavy atom. The predicted octanol–water partition coefficient (Wildman–Crippen LogP) is 0.584. The first-order valence-electron chi connectivity index (χ1n) is 6.18. The summed E-state index contributed by atoms with van der Waals surface area (Å²) in [5.74, 6) is 0.733. The van der Waals surface area contributed by atoms with Gasteiger partial charge in [-0.15, -0.1) is 5.57 Å². The molecular weight excluding hydrogens is 276 g/mol. The first kappa shape index (κ1) is 24.0. The third-order valence-corrected chi connectivity index (χ3v) is 3.51. The van der Waals surface area contributed by atoms with Crippen molar-refractivity contribution in [3.8, 4) is 0 Å². The van der Waals surface area contributed by atoms with Crippen LogP contribution in [0, 0.1) is 12.3 Å². The molecule has 19 heavy (non-hydrogen) atoms. The maximum Gasteiger partial charge on any atom is 4.00 e. The van der Waals surface area contributed by atoms with Gasteiger partial charge in [-0.05, 0) is 0 Å². The molecule has 1 atom stereocenters. The fourth-order valence-electron chi connectivity index (χ4n) is 2.45.